The molecule has 5 nitrogen and oxygen atoms in total. The van der Waals surface area contributed by atoms with E-state index < -0.39 is 5.97 Å². The van der Waals surface area contributed by atoms with Crippen LogP contribution in [0.3, 0.4) is 0 Å². The van der Waals surface area contributed by atoms with Crippen LogP contribution in [-0.2, 0) is 9.53 Å². The molecule has 1 heterocycles. The van der Waals surface area contributed by atoms with E-state index in [1.165, 1.54) is 6.08 Å². The lowest BCUT2D eigenvalue weighted by Crippen LogP contribution is -2.10. The second-order valence-corrected chi connectivity index (χ2v) is 6.57. The lowest BCUT2D eigenvalue weighted by molar-refractivity contribution is -0.138. The van der Waals surface area contributed by atoms with Gasteiger partial charge < -0.3 is 9.47 Å². The van der Waals surface area contributed by atoms with Crippen LogP contribution >= 0.6 is 11.6 Å². The molecule has 2 aromatic carbocycles. The van der Waals surface area contributed by atoms with Crippen LogP contribution in [0, 0.1) is 13.8 Å². The highest BCUT2D eigenvalue weighted by Crippen LogP contribution is 2.19. The van der Waals surface area contributed by atoms with Crippen LogP contribution in [-0.4, -0.2) is 29.0 Å². The van der Waals surface area contributed by atoms with Gasteiger partial charge >= 0.3 is 5.97 Å². The molecule has 0 bridgehead atoms. The molecule has 3 aromatic rings. The molecule has 144 valence electrons. The molecule has 6 heteroatoms. The number of nitrogens with zero attached hydrogens (tertiary/aromatic N) is 2. The van der Waals surface area contributed by atoms with Gasteiger partial charge in [-0.1, -0.05) is 35.9 Å². The Morgan fingerprint density at radius 3 is 2.64 bits per heavy atom. The summed E-state index contributed by atoms with van der Waals surface area (Å²) in [6.45, 7) is 4.29. The summed E-state index contributed by atoms with van der Waals surface area (Å²) in [5.41, 5.74) is 3.67. The third-order valence-corrected chi connectivity index (χ3v) is 4.36. The van der Waals surface area contributed by atoms with Crippen LogP contribution in [0.15, 0.2) is 60.7 Å². The van der Waals surface area contributed by atoms with Crippen LogP contribution in [0.2, 0.25) is 5.02 Å². The van der Waals surface area contributed by atoms with Crippen LogP contribution in [0.5, 0.6) is 5.75 Å². The van der Waals surface area contributed by atoms with Crippen molar-refractivity contribution in [2.45, 2.75) is 13.8 Å². The van der Waals surface area contributed by atoms with Crippen molar-refractivity contribution in [2.24, 2.45) is 0 Å². The van der Waals surface area contributed by atoms with Crippen LogP contribution < -0.4 is 4.74 Å². The standard InChI is InChI=1S/C22H21ClN2O3/c1-16-21(17(2)25(24-16)19-8-4-3-5-9-19)11-12-22(26)28-14-13-27-20-10-6-7-18(23)15-20/h3-12,15H,13-14H2,1-2H3/b12-11-. The number of hydrogen-bond donors (Lipinski definition) is 0. The van der Waals surface area contributed by atoms with Gasteiger partial charge in [-0.05, 0) is 50.3 Å². The second-order valence-electron chi connectivity index (χ2n) is 6.14. The van der Waals surface area contributed by atoms with Gasteiger partial charge in [0.05, 0.1) is 11.4 Å². The molecule has 0 fully saturated rings. The molecule has 0 N–H and O–H groups in total. The Kier molecular flexibility index (Phi) is 6.50. The molecule has 28 heavy (non-hydrogen) atoms. The fraction of sp³-hybridized carbons (Fsp3) is 0.182. The highest BCUT2D eigenvalue weighted by molar-refractivity contribution is 6.30. The minimum atomic E-state index is -0.430. The Morgan fingerprint density at radius 2 is 1.89 bits per heavy atom. The van der Waals surface area contributed by atoms with Crippen molar-refractivity contribution in [1.82, 2.24) is 9.78 Å². The van der Waals surface area contributed by atoms with Crippen molar-refractivity contribution >= 4 is 23.6 Å². The first kappa shape index (κ1) is 19.7. The largest absolute Gasteiger partial charge is 0.490 e. The summed E-state index contributed by atoms with van der Waals surface area (Å²) >= 11 is 5.89. The summed E-state index contributed by atoms with van der Waals surface area (Å²) in [4.78, 5) is 12.0. The van der Waals surface area contributed by atoms with E-state index in [0.29, 0.717) is 10.8 Å². The molecular formula is C22H21ClN2O3. The lowest BCUT2D eigenvalue weighted by atomic mass is 10.2. The third-order valence-electron chi connectivity index (χ3n) is 4.13. The van der Waals surface area contributed by atoms with Gasteiger partial charge in [-0.2, -0.15) is 5.10 Å². The monoisotopic (exact) mass is 396 g/mol. The van der Waals surface area contributed by atoms with Gasteiger partial charge in [0.2, 0.25) is 0 Å². The zero-order valence-electron chi connectivity index (χ0n) is 15.8. The van der Waals surface area contributed by atoms with Gasteiger partial charge in [0.25, 0.3) is 0 Å². The van der Waals surface area contributed by atoms with Crippen molar-refractivity contribution in [2.75, 3.05) is 13.2 Å². The van der Waals surface area contributed by atoms with E-state index in [9.17, 15) is 4.79 Å². The predicted molar refractivity (Wildman–Crippen MR) is 110 cm³/mol. The zero-order chi connectivity index (χ0) is 19.9. The maximum atomic E-state index is 12.0. The van der Waals surface area contributed by atoms with Gasteiger partial charge in [-0.15, -0.1) is 0 Å². The van der Waals surface area contributed by atoms with Crippen LogP contribution in [0.25, 0.3) is 11.8 Å². The topological polar surface area (TPSA) is 53.4 Å². The fourth-order valence-corrected chi connectivity index (χ4v) is 2.95. The molecule has 0 amide bonds. The molecule has 0 aliphatic heterocycles. The predicted octanol–water partition coefficient (Wildman–Crippen LogP) is 4.78. The summed E-state index contributed by atoms with van der Waals surface area (Å²) in [5, 5.41) is 5.15. The molecule has 0 saturated carbocycles. The third kappa shape index (κ3) is 5.02. The number of aromatic nitrogens is 2. The van der Waals surface area contributed by atoms with Crippen molar-refractivity contribution in [3.05, 3.63) is 82.6 Å². The summed E-state index contributed by atoms with van der Waals surface area (Å²) < 4.78 is 12.5. The molecule has 0 unspecified atom stereocenters. The van der Waals surface area contributed by atoms with E-state index in [4.69, 9.17) is 21.1 Å². The quantitative estimate of drug-likeness (QED) is 0.327. The Hall–Kier alpha value is -3.05. The number of aryl methyl sites for hydroxylation is 1. The van der Waals surface area contributed by atoms with Crippen LogP contribution in [0.4, 0.5) is 0 Å². The fourth-order valence-electron chi connectivity index (χ4n) is 2.77. The van der Waals surface area contributed by atoms with E-state index in [-0.39, 0.29) is 13.2 Å². The molecule has 0 atom stereocenters. The number of benzene rings is 2. The SMILES string of the molecule is Cc1nn(-c2ccccc2)c(C)c1/C=C\C(=O)OCCOc1cccc(Cl)c1. The number of carbonyl (C=O) groups excluding carboxylic acids is 1. The van der Waals surface area contributed by atoms with Gasteiger partial charge in [0.15, 0.2) is 0 Å². The molecule has 1 aromatic heterocycles. The van der Waals surface area contributed by atoms with E-state index in [2.05, 4.69) is 5.10 Å². The molecule has 0 aliphatic carbocycles. The normalized spacial score (nSPS) is 11.0. The number of hydrogen-bond acceptors (Lipinski definition) is 4. The van der Waals surface area contributed by atoms with E-state index in [1.807, 2.05) is 48.9 Å². The van der Waals surface area contributed by atoms with Crippen LogP contribution in [0.1, 0.15) is 17.0 Å². The average molecular weight is 397 g/mol. The molecule has 3 rings (SSSR count). The van der Waals surface area contributed by atoms with Gasteiger partial charge in [-0.25, -0.2) is 9.48 Å². The van der Waals surface area contributed by atoms with E-state index >= 15 is 0 Å². The number of para-hydroxylation sites is 1. The Morgan fingerprint density at radius 1 is 1.11 bits per heavy atom. The summed E-state index contributed by atoms with van der Waals surface area (Å²) in [5.74, 6) is 0.208. The van der Waals surface area contributed by atoms with Gasteiger partial charge in [0, 0.05) is 22.4 Å². The van der Waals surface area contributed by atoms with E-state index in [1.54, 1.807) is 30.3 Å². The van der Waals surface area contributed by atoms with E-state index in [0.717, 1.165) is 22.6 Å². The number of esters is 1. The first-order valence-electron chi connectivity index (χ1n) is 8.89. The summed E-state index contributed by atoms with van der Waals surface area (Å²) in [6, 6.07) is 16.9. The molecule has 0 spiro atoms. The first-order valence-corrected chi connectivity index (χ1v) is 9.27. The number of halogens is 1. The second kappa shape index (κ2) is 9.24. The number of ether oxygens (including phenoxy) is 2. The average Bonchev–Trinajstić information content (AvgIpc) is 2.98. The molecular weight excluding hydrogens is 376 g/mol. The van der Waals surface area contributed by atoms with Crippen molar-refractivity contribution in [3.8, 4) is 11.4 Å². The Bertz CT molecular complexity index is 981. The van der Waals surface area contributed by atoms with Crippen molar-refractivity contribution < 1.29 is 14.3 Å². The molecule has 0 saturated heterocycles. The highest BCUT2D eigenvalue weighted by atomic mass is 35.5. The lowest BCUT2D eigenvalue weighted by Gasteiger charge is -2.06. The van der Waals surface area contributed by atoms with Gasteiger partial charge in [0.1, 0.15) is 19.0 Å². The molecule has 0 radical (unpaired) electrons. The zero-order valence-corrected chi connectivity index (χ0v) is 16.5. The van der Waals surface area contributed by atoms with Crippen molar-refractivity contribution in [1.29, 1.82) is 0 Å². The molecule has 0 aliphatic rings. The van der Waals surface area contributed by atoms with Gasteiger partial charge in [-0.3, -0.25) is 0 Å². The summed E-state index contributed by atoms with van der Waals surface area (Å²) in [6.07, 6.45) is 3.14. The summed E-state index contributed by atoms with van der Waals surface area (Å²) in [7, 11) is 0. The minimum Gasteiger partial charge on any atom is -0.490 e. The Labute approximate surface area is 169 Å². The van der Waals surface area contributed by atoms with Crippen molar-refractivity contribution in [3.63, 3.8) is 0 Å². The maximum absolute atomic E-state index is 12.0. The Balaban J connectivity index is 1.55. The maximum Gasteiger partial charge on any atom is 0.330 e. The first-order chi connectivity index (χ1) is 13.5. The highest BCUT2D eigenvalue weighted by Gasteiger charge is 2.11. The number of rotatable bonds is 7. The number of carbonyl (C=O) groups is 1. The minimum absolute atomic E-state index is 0.150. The smallest absolute Gasteiger partial charge is 0.330 e.